The fraction of sp³-hybridized carbons (Fsp3) is 0.435. The van der Waals surface area contributed by atoms with E-state index in [1.165, 1.54) is 24.7 Å². The van der Waals surface area contributed by atoms with Gasteiger partial charge in [0.25, 0.3) is 10.0 Å². The molecule has 0 saturated carbocycles. The first-order chi connectivity index (χ1) is 18.0. The summed E-state index contributed by atoms with van der Waals surface area (Å²) in [6, 6.07) is 2.75. The standard InChI is InChI=1S/C23H33N7O7S/c1-15-6-2-3-8-19(15)38(36,37)30-23(35)29-17(7-4-5-10-24)21(32)26-11-9-20(31)28-18(22(33)34)12-16-13-25-14-27-16/h2-3,6,8,13-14,17-18H,4-5,7,9-12,24H2,1H3,(H,25,27)(H,26,32)(H,28,31)(H,33,34)(H2,29,30,35)/t17-,18-/m0/s1. The number of carboxylic acids is 1. The Bertz CT molecular complexity index is 1200. The Morgan fingerprint density at radius 1 is 1.11 bits per heavy atom. The predicted octanol–water partition coefficient (Wildman–Crippen LogP) is -0.478. The quantitative estimate of drug-likeness (QED) is 0.142. The fourth-order valence-corrected chi connectivity index (χ4v) is 4.65. The highest BCUT2D eigenvalue weighted by molar-refractivity contribution is 7.90. The van der Waals surface area contributed by atoms with Gasteiger partial charge in [-0.3, -0.25) is 9.59 Å². The lowest BCUT2D eigenvalue weighted by molar-refractivity contribution is -0.141. The van der Waals surface area contributed by atoms with E-state index >= 15 is 0 Å². The summed E-state index contributed by atoms with van der Waals surface area (Å²) in [6.07, 6.45) is 3.85. The van der Waals surface area contributed by atoms with Crippen LogP contribution >= 0.6 is 0 Å². The van der Waals surface area contributed by atoms with Crippen LogP contribution in [0.1, 0.15) is 36.9 Å². The van der Waals surface area contributed by atoms with Crippen molar-refractivity contribution in [1.82, 2.24) is 30.6 Å². The molecule has 0 radical (unpaired) electrons. The van der Waals surface area contributed by atoms with Gasteiger partial charge in [-0.2, -0.15) is 0 Å². The fourth-order valence-electron chi connectivity index (χ4n) is 3.49. The number of hydrogen-bond acceptors (Lipinski definition) is 8. The molecular formula is C23H33N7O7S. The highest BCUT2D eigenvalue weighted by Gasteiger charge is 2.25. The Kier molecular flexibility index (Phi) is 11.7. The van der Waals surface area contributed by atoms with Gasteiger partial charge in [0.1, 0.15) is 12.1 Å². The second-order valence-corrected chi connectivity index (χ2v) is 10.1. The van der Waals surface area contributed by atoms with Crippen molar-refractivity contribution >= 4 is 33.8 Å². The van der Waals surface area contributed by atoms with Crippen LogP contribution in [-0.2, 0) is 30.8 Å². The number of benzene rings is 1. The Hall–Kier alpha value is -3.98. The van der Waals surface area contributed by atoms with Gasteiger partial charge in [-0.25, -0.2) is 27.7 Å². The van der Waals surface area contributed by atoms with Gasteiger partial charge in [0.2, 0.25) is 11.8 Å². The molecule has 208 valence electrons. The Balaban J connectivity index is 1.92. The first kappa shape index (κ1) is 30.2. The van der Waals surface area contributed by atoms with Gasteiger partial charge < -0.3 is 31.8 Å². The summed E-state index contributed by atoms with van der Waals surface area (Å²) in [5.41, 5.74) is 6.47. The number of aliphatic carboxylic acids is 1. The molecule has 15 heteroatoms. The van der Waals surface area contributed by atoms with E-state index in [0.717, 1.165) is 0 Å². The second-order valence-electron chi connectivity index (χ2n) is 8.46. The normalized spacial score (nSPS) is 12.7. The number of rotatable bonds is 15. The zero-order valence-corrected chi connectivity index (χ0v) is 21.7. The molecule has 0 fully saturated rings. The number of carbonyl (C=O) groups is 4. The number of unbranched alkanes of at least 4 members (excludes halogenated alkanes) is 1. The molecular weight excluding hydrogens is 518 g/mol. The van der Waals surface area contributed by atoms with E-state index in [1.54, 1.807) is 19.1 Å². The average molecular weight is 552 g/mol. The molecule has 2 rings (SSSR count). The number of urea groups is 1. The van der Waals surface area contributed by atoms with Crippen molar-refractivity contribution in [3.8, 4) is 0 Å². The molecule has 38 heavy (non-hydrogen) atoms. The smallest absolute Gasteiger partial charge is 0.329 e. The predicted molar refractivity (Wildman–Crippen MR) is 136 cm³/mol. The number of nitrogens with zero attached hydrogens (tertiary/aromatic N) is 1. The van der Waals surface area contributed by atoms with E-state index in [4.69, 9.17) is 5.73 Å². The molecule has 2 atom stereocenters. The lowest BCUT2D eigenvalue weighted by atomic mass is 10.1. The third-order valence-corrected chi connectivity index (χ3v) is 6.93. The Labute approximate surface area is 220 Å². The number of nitrogens with two attached hydrogens (primary N) is 1. The van der Waals surface area contributed by atoms with Crippen LogP contribution in [0.25, 0.3) is 0 Å². The van der Waals surface area contributed by atoms with Crippen LogP contribution in [0.3, 0.4) is 0 Å². The first-order valence-corrected chi connectivity index (χ1v) is 13.4. The highest BCUT2D eigenvalue weighted by Crippen LogP contribution is 2.13. The van der Waals surface area contributed by atoms with Crippen LogP contribution in [0, 0.1) is 6.92 Å². The molecule has 0 aliphatic rings. The molecule has 0 bridgehead atoms. The van der Waals surface area contributed by atoms with Crippen molar-refractivity contribution < 1.29 is 32.7 Å². The third-order valence-electron chi connectivity index (χ3n) is 5.44. The molecule has 1 heterocycles. The van der Waals surface area contributed by atoms with Crippen molar-refractivity contribution in [3.05, 3.63) is 48.0 Å². The zero-order valence-electron chi connectivity index (χ0n) is 20.9. The maximum absolute atomic E-state index is 12.7. The van der Waals surface area contributed by atoms with E-state index < -0.39 is 45.9 Å². The van der Waals surface area contributed by atoms with Crippen LogP contribution in [0.15, 0.2) is 41.7 Å². The molecule has 0 unspecified atom stereocenters. The van der Waals surface area contributed by atoms with Crippen LogP contribution in [-0.4, -0.2) is 72.5 Å². The Morgan fingerprint density at radius 2 is 1.84 bits per heavy atom. The number of carboxylic acid groups (broad SMARTS) is 1. The van der Waals surface area contributed by atoms with Gasteiger partial charge in [-0.05, 0) is 44.4 Å². The number of sulfonamides is 1. The van der Waals surface area contributed by atoms with Crippen molar-refractivity contribution in [2.24, 2.45) is 5.73 Å². The van der Waals surface area contributed by atoms with E-state index in [2.05, 4.69) is 25.9 Å². The third kappa shape index (κ3) is 9.82. The van der Waals surface area contributed by atoms with Crippen molar-refractivity contribution in [3.63, 3.8) is 0 Å². The number of aromatic nitrogens is 2. The molecule has 0 aliphatic heterocycles. The van der Waals surface area contributed by atoms with E-state index in [1.807, 2.05) is 4.72 Å². The second kappa shape index (κ2) is 14.7. The van der Waals surface area contributed by atoms with Gasteiger partial charge in [-0.1, -0.05) is 18.2 Å². The summed E-state index contributed by atoms with van der Waals surface area (Å²) >= 11 is 0. The number of H-pyrrole nitrogens is 1. The lowest BCUT2D eigenvalue weighted by Crippen LogP contribution is -2.51. The number of aryl methyl sites for hydroxylation is 1. The van der Waals surface area contributed by atoms with Gasteiger partial charge in [0.05, 0.1) is 11.2 Å². The van der Waals surface area contributed by atoms with Gasteiger partial charge in [0.15, 0.2) is 0 Å². The summed E-state index contributed by atoms with van der Waals surface area (Å²) in [6.45, 7) is 1.81. The minimum absolute atomic E-state index is 0.00109. The van der Waals surface area contributed by atoms with E-state index in [9.17, 15) is 32.7 Å². The van der Waals surface area contributed by atoms with Crippen LogP contribution < -0.4 is 26.4 Å². The Morgan fingerprint density at radius 3 is 2.47 bits per heavy atom. The first-order valence-electron chi connectivity index (χ1n) is 11.9. The zero-order chi connectivity index (χ0) is 28.1. The summed E-state index contributed by atoms with van der Waals surface area (Å²) in [5.74, 6) is -2.47. The van der Waals surface area contributed by atoms with E-state index in [-0.39, 0.29) is 30.7 Å². The molecule has 14 nitrogen and oxygen atoms in total. The van der Waals surface area contributed by atoms with Crippen molar-refractivity contribution in [2.75, 3.05) is 13.1 Å². The summed E-state index contributed by atoms with van der Waals surface area (Å²) in [7, 11) is -4.17. The van der Waals surface area contributed by atoms with Gasteiger partial charge in [-0.15, -0.1) is 0 Å². The van der Waals surface area contributed by atoms with Gasteiger partial charge in [0, 0.05) is 31.3 Å². The summed E-state index contributed by atoms with van der Waals surface area (Å²) in [4.78, 5) is 55.3. The maximum Gasteiger partial charge on any atom is 0.329 e. The SMILES string of the molecule is Cc1ccccc1S(=O)(=O)NC(=O)N[C@@H](CCCCN)C(=O)NCCC(=O)N[C@@H](Cc1cnc[nH]1)C(=O)O. The summed E-state index contributed by atoms with van der Waals surface area (Å²) in [5, 5.41) is 16.6. The number of carbonyl (C=O) groups excluding carboxylic acids is 3. The molecule has 8 N–H and O–H groups in total. The average Bonchev–Trinajstić information content (AvgIpc) is 3.36. The molecule has 0 spiro atoms. The number of amides is 4. The largest absolute Gasteiger partial charge is 0.480 e. The molecule has 4 amide bonds. The molecule has 1 aromatic heterocycles. The maximum atomic E-state index is 12.7. The van der Waals surface area contributed by atoms with Gasteiger partial charge >= 0.3 is 12.0 Å². The van der Waals surface area contributed by atoms with Crippen molar-refractivity contribution in [1.29, 1.82) is 0 Å². The minimum Gasteiger partial charge on any atom is -0.480 e. The van der Waals surface area contributed by atoms with Crippen LogP contribution in [0.5, 0.6) is 0 Å². The topological polar surface area (TPSA) is 225 Å². The number of hydrogen-bond donors (Lipinski definition) is 7. The highest BCUT2D eigenvalue weighted by atomic mass is 32.2. The van der Waals surface area contributed by atoms with E-state index in [0.29, 0.717) is 30.6 Å². The van der Waals surface area contributed by atoms with Crippen LogP contribution in [0.4, 0.5) is 4.79 Å². The molecule has 1 aromatic carbocycles. The lowest BCUT2D eigenvalue weighted by Gasteiger charge is -2.19. The molecule has 2 aromatic rings. The molecule has 0 aliphatic carbocycles. The molecule has 0 saturated heterocycles. The number of nitrogens with one attached hydrogen (secondary N) is 5. The monoisotopic (exact) mass is 551 g/mol. The minimum atomic E-state index is -4.17. The number of aromatic amines is 1. The number of imidazole rings is 1. The van der Waals surface area contributed by atoms with Crippen molar-refractivity contribution in [2.45, 2.75) is 56.0 Å². The summed E-state index contributed by atoms with van der Waals surface area (Å²) < 4.78 is 27.1. The van der Waals surface area contributed by atoms with Crippen LogP contribution in [0.2, 0.25) is 0 Å².